The first-order chi connectivity index (χ1) is 13.7. The summed E-state index contributed by atoms with van der Waals surface area (Å²) in [6.45, 7) is 3.97. The van der Waals surface area contributed by atoms with Gasteiger partial charge in [0.05, 0.1) is 6.61 Å². The lowest BCUT2D eigenvalue weighted by molar-refractivity contribution is 0.0787. The lowest BCUT2D eigenvalue weighted by Gasteiger charge is -2.29. The number of nitrogens with zero attached hydrogens (tertiary/aromatic N) is 2. The number of aliphatic hydroxyl groups excluding tert-OH is 1. The third kappa shape index (κ3) is 4.39. The second-order valence-electron chi connectivity index (χ2n) is 8.18. The Morgan fingerprint density at radius 3 is 2.46 bits per heavy atom. The molecule has 2 aromatic carbocycles. The first-order valence-corrected chi connectivity index (χ1v) is 10.6. The SMILES string of the molecule is O=C(c1ccc(N2CCCCC2)cc1)N1CC[C@H](Cc2cccc(CO)c2)C1. The van der Waals surface area contributed by atoms with Gasteiger partial charge in [-0.2, -0.15) is 0 Å². The van der Waals surface area contributed by atoms with Crippen LogP contribution >= 0.6 is 0 Å². The van der Waals surface area contributed by atoms with Crippen LogP contribution in [0.15, 0.2) is 48.5 Å². The van der Waals surface area contributed by atoms with E-state index < -0.39 is 0 Å². The quantitative estimate of drug-likeness (QED) is 0.859. The fraction of sp³-hybridized carbons (Fsp3) is 0.458. The Bertz CT molecular complexity index is 797. The Hall–Kier alpha value is -2.33. The van der Waals surface area contributed by atoms with Crippen molar-refractivity contribution in [2.75, 3.05) is 31.1 Å². The Morgan fingerprint density at radius 2 is 1.71 bits per heavy atom. The minimum absolute atomic E-state index is 0.0799. The number of anilines is 1. The molecule has 0 aliphatic carbocycles. The summed E-state index contributed by atoms with van der Waals surface area (Å²) in [5.74, 6) is 0.641. The maximum absolute atomic E-state index is 12.9. The molecular formula is C24H30N2O2. The van der Waals surface area contributed by atoms with E-state index in [2.05, 4.69) is 29.2 Å². The average Bonchev–Trinajstić information content (AvgIpc) is 3.22. The Kier molecular flexibility index (Phi) is 5.96. The van der Waals surface area contributed by atoms with Gasteiger partial charge in [-0.25, -0.2) is 0 Å². The van der Waals surface area contributed by atoms with Crippen molar-refractivity contribution in [3.8, 4) is 0 Å². The Morgan fingerprint density at radius 1 is 0.964 bits per heavy atom. The molecule has 4 heteroatoms. The molecule has 2 heterocycles. The summed E-state index contributed by atoms with van der Waals surface area (Å²) in [6.07, 6.45) is 5.86. The molecule has 2 aliphatic rings. The van der Waals surface area contributed by atoms with E-state index in [4.69, 9.17) is 0 Å². The number of carbonyl (C=O) groups excluding carboxylic acids is 1. The monoisotopic (exact) mass is 378 g/mol. The van der Waals surface area contributed by atoms with E-state index >= 15 is 0 Å². The molecule has 4 rings (SSSR count). The molecule has 4 nitrogen and oxygen atoms in total. The number of benzene rings is 2. The van der Waals surface area contributed by atoms with Crippen LogP contribution in [0.5, 0.6) is 0 Å². The first kappa shape index (κ1) is 19.0. The minimum Gasteiger partial charge on any atom is -0.392 e. The zero-order valence-corrected chi connectivity index (χ0v) is 16.5. The average molecular weight is 379 g/mol. The second-order valence-corrected chi connectivity index (χ2v) is 8.18. The van der Waals surface area contributed by atoms with Crippen molar-refractivity contribution in [2.24, 2.45) is 5.92 Å². The van der Waals surface area contributed by atoms with Gasteiger partial charge in [0.25, 0.3) is 5.91 Å². The number of aliphatic hydroxyl groups is 1. The van der Waals surface area contributed by atoms with Crippen molar-refractivity contribution in [1.29, 1.82) is 0 Å². The number of amides is 1. The van der Waals surface area contributed by atoms with Crippen LogP contribution in [0.25, 0.3) is 0 Å². The molecule has 0 saturated carbocycles. The normalized spacial score (nSPS) is 19.8. The standard InChI is InChI=1S/C24H30N2O2/c27-18-21-6-4-5-19(16-21)15-20-11-14-26(17-20)24(28)22-7-9-23(10-8-22)25-12-2-1-3-13-25/h4-10,16,20,27H,1-3,11-15,17-18H2/t20-/m1/s1. The van der Waals surface area contributed by atoms with E-state index in [0.29, 0.717) is 5.92 Å². The molecule has 148 valence electrons. The molecule has 2 fully saturated rings. The molecule has 0 spiro atoms. The molecule has 28 heavy (non-hydrogen) atoms. The maximum atomic E-state index is 12.9. The smallest absolute Gasteiger partial charge is 0.253 e. The fourth-order valence-corrected chi connectivity index (χ4v) is 4.52. The van der Waals surface area contributed by atoms with Crippen LogP contribution in [-0.2, 0) is 13.0 Å². The maximum Gasteiger partial charge on any atom is 0.253 e. The lowest BCUT2D eigenvalue weighted by atomic mass is 9.97. The molecule has 1 atom stereocenters. The fourth-order valence-electron chi connectivity index (χ4n) is 4.52. The predicted octanol–water partition coefficient (Wildman–Crippen LogP) is 3.87. The van der Waals surface area contributed by atoms with Crippen molar-refractivity contribution in [2.45, 2.75) is 38.7 Å². The van der Waals surface area contributed by atoms with Crippen molar-refractivity contribution in [3.05, 3.63) is 65.2 Å². The highest BCUT2D eigenvalue weighted by molar-refractivity contribution is 5.94. The molecule has 1 N–H and O–H groups in total. The van der Waals surface area contributed by atoms with E-state index in [-0.39, 0.29) is 12.5 Å². The van der Waals surface area contributed by atoms with E-state index in [1.54, 1.807) is 0 Å². The summed E-state index contributed by atoms with van der Waals surface area (Å²) in [6, 6.07) is 16.3. The highest BCUT2D eigenvalue weighted by Gasteiger charge is 2.27. The van der Waals surface area contributed by atoms with E-state index in [0.717, 1.165) is 50.1 Å². The van der Waals surface area contributed by atoms with Gasteiger partial charge in [-0.05, 0) is 73.4 Å². The lowest BCUT2D eigenvalue weighted by Crippen LogP contribution is -2.30. The van der Waals surface area contributed by atoms with Crippen LogP contribution in [0.3, 0.4) is 0 Å². The van der Waals surface area contributed by atoms with Crippen molar-refractivity contribution >= 4 is 11.6 Å². The van der Waals surface area contributed by atoms with Gasteiger partial charge < -0.3 is 14.9 Å². The molecule has 0 unspecified atom stereocenters. The van der Waals surface area contributed by atoms with Gasteiger partial charge in [-0.3, -0.25) is 4.79 Å². The molecule has 2 aliphatic heterocycles. The Balaban J connectivity index is 1.35. The van der Waals surface area contributed by atoms with Gasteiger partial charge >= 0.3 is 0 Å². The second kappa shape index (κ2) is 8.78. The number of hydrogen-bond acceptors (Lipinski definition) is 3. The predicted molar refractivity (Wildman–Crippen MR) is 113 cm³/mol. The summed E-state index contributed by atoms with van der Waals surface area (Å²) in [5, 5.41) is 9.31. The first-order valence-electron chi connectivity index (χ1n) is 10.6. The van der Waals surface area contributed by atoms with Crippen LogP contribution in [0.2, 0.25) is 0 Å². The van der Waals surface area contributed by atoms with Crippen LogP contribution < -0.4 is 4.90 Å². The van der Waals surface area contributed by atoms with Gasteiger partial charge in [0.2, 0.25) is 0 Å². The number of rotatable bonds is 5. The van der Waals surface area contributed by atoms with Crippen molar-refractivity contribution < 1.29 is 9.90 Å². The third-order valence-corrected chi connectivity index (χ3v) is 6.11. The molecule has 2 aromatic rings. The van der Waals surface area contributed by atoms with Gasteiger partial charge in [0.15, 0.2) is 0 Å². The zero-order valence-electron chi connectivity index (χ0n) is 16.5. The van der Waals surface area contributed by atoms with E-state index in [9.17, 15) is 9.90 Å². The van der Waals surface area contributed by atoms with E-state index in [1.807, 2.05) is 29.2 Å². The highest BCUT2D eigenvalue weighted by Crippen LogP contribution is 2.25. The van der Waals surface area contributed by atoms with Crippen LogP contribution in [0.4, 0.5) is 5.69 Å². The summed E-state index contributed by atoms with van der Waals surface area (Å²) >= 11 is 0. The van der Waals surface area contributed by atoms with Crippen molar-refractivity contribution in [3.63, 3.8) is 0 Å². The van der Waals surface area contributed by atoms with Crippen LogP contribution in [0, 0.1) is 5.92 Å². The highest BCUT2D eigenvalue weighted by atomic mass is 16.3. The minimum atomic E-state index is 0.0799. The molecule has 0 aromatic heterocycles. The van der Waals surface area contributed by atoms with Gasteiger partial charge in [0, 0.05) is 37.4 Å². The zero-order chi connectivity index (χ0) is 19.3. The largest absolute Gasteiger partial charge is 0.392 e. The van der Waals surface area contributed by atoms with Gasteiger partial charge in [0.1, 0.15) is 0 Å². The molecule has 0 bridgehead atoms. The number of carbonyl (C=O) groups is 1. The molecular weight excluding hydrogens is 348 g/mol. The number of likely N-dealkylation sites (tertiary alicyclic amines) is 1. The Labute approximate surface area is 167 Å². The topological polar surface area (TPSA) is 43.8 Å². The summed E-state index contributed by atoms with van der Waals surface area (Å²) in [4.78, 5) is 17.3. The summed E-state index contributed by atoms with van der Waals surface area (Å²) < 4.78 is 0. The van der Waals surface area contributed by atoms with Gasteiger partial charge in [-0.1, -0.05) is 24.3 Å². The van der Waals surface area contributed by atoms with Crippen LogP contribution in [0.1, 0.15) is 47.2 Å². The summed E-state index contributed by atoms with van der Waals surface area (Å²) in [7, 11) is 0. The summed E-state index contributed by atoms with van der Waals surface area (Å²) in [5.41, 5.74) is 4.23. The molecule has 1 amide bonds. The molecule has 0 radical (unpaired) electrons. The van der Waals surface area contributed by atoms with Gasteiger partial charge in [-0.15, -0.1) is 0 Å². The van der Waals surface area contributed by atoms with Crippen molar-refractivity contribution in [1.82, 2.24) is 4.90 Å². The molecule has 2 saturated heterocycles. The van der Waals surface area contributed by atoms with Crippen LogP contribution in [-0.4, -0.2) is 42.1 Å². The third-order valence-electron chi connectivity index (χ3n) is 6.11. The number of hydrogen-bond donors (Lipinski definition) is 1. The van der Waals surface area contributed by atoms with E-state index in [1.165, 1.54) is 30.5 Å². The number of piperidine rings is 1.